The molecular formula is C36H72O12. The molecule has 0 rings (SSSR count). The molecule has 0 spiro atoms. The van der Waals surface area contributed by atoms with Crippen LogP contribution in [0.4, 0.5) is 0 Å². The molecule has 0 saturated heterocycles. The standard InChI is InChI=1S/C36H72O12/c1-3-5-6-7-8-9-10-11-12-13-15-38-16-17-39-18-19-40-20-21-41-22-23-42-24-25-43-26-27-44-28-29-45-30-31-46-32-33-47-34-35-48-36(37)14-4-2/h3-35H2,1-2H3. The lowest BCUT2D eigenvalue weighted by molar-refractivity contribution is -0.145. The molecule has 48 heavy (non-hydrogen) atoms. The van der Waals surface area contributed by atoms with Crippen LogP contribution in [0.2, 0.25) is 0 Å². The molecule has 0 radical (unpaired) electrons. The molecule has 288 valence electrons. The summed E-state index contributed by atoms with van der Waals surface area (Å²) >= 11 is 0. The summed E-state index contributed by atoms with van der Waals surface area (Å²) in [6, 6.07) is 0. The maximum atomic E-state index is 11.2. The zero-order valence-corrected chi connectivity index (χ0v) is 30.7. The number of rotatable bonds is 43. The van der Waals surface area contributed by atoms with Crippen LogP contribution in [-0.2, 0) is 56.9 Å². The fraction of sp³-hybridized carbons (Fsp3) is 0.972. The zero-order valence-electron chi connectivity index (χ0n) is 30.7. The van der Waals surface area contributed by atoms with Gasteiger partial charge in [0.1, 0.15) is 6.61 Å². The van der Waals surface area contributed by atoms with E-state index in [-0.39, 0.29) is 12.6 Å². The van der Waals surface area contributed by atoms with Gasteiger partial charge in [-0.05, 0) is 12.8 Å². The van der Waals surface area contributed by atoms with Gasteiger partial charge < -0.3 is 52.1 Å². The van der Waals surface area contributed by atoms with E-state index in [1.807, 2.05) is 6.92 Å². The summed E-state index contributed by atoms with van der Waals surface area (Å²) in [6.45, 7) is 15.1. The van der Waals surface area contributed by atoms with E-state index in [2.05, 4.69) is 6.92 Å². The molecule has 0 aliphatic rings. The molecule has 0 N–H and O–H groups in total. The summed E-state index contributed by atoms with van der Waals surface area (Å²) in [6.07, 6.45) is 14.6. The molecule has 0 atom stereocenters. The third-order valence-electron chi connectivity index (χ3n) is 6.94. The van der Waals surface area contributed by atoms with Crippen LogP contribution in [0.3, 0.4) is 0 Å². The summed E-state index contributed by atoms with van der Waals surface area (Å²) in [5.41, 5.74) is 0. The molecule has 0 aliphatic heterocycles. The van der Waals surface area contributed by atoms with Crippen molar-refractivity contribution in [1.29, 1.82) is 0 Å². The van der Waals surface area contributed by atoms with Crippen molar-refractivity contribution < 1.29 is 56.9 Å². The van der Waals surface area contributed by atoms with Crippen molar-refractivity contribution >= 4 is 5.97 Å². The number of carbonyl (C=O) groups excluding carboxylic acids is 1. The summed E-state index contributed by atoms with van der Waals surface area (Å²) in [5.74, 6) is -0.185. The average molecular weight is 697 g/mol. The second kappa shape index (κ2) is 44.1. The first kappa shape index (κ1) is 47.1. The lowest BCUT2D eigenvalue weighted by atomic mass is 10.1. The highest BCUT2D eigenvalue weighted by Crippen LogP contribution is 2.10. The van der Waals surface area contributed by atoms with Crippen LogP contribution >= 0.6 is 0 Å². The Bertz CT molecular complexity index is 599. The van der Waals surface area contributed by atoms with Crippen molar-refractivity contribution in [2.75, 3.05) is 139 Å². The number of esters is 1. The first-order valence-corrected chi connectivity index (χ1v) is 18.7. The molecule has 12 heteroatoms. The Morgan fingerprint density at radius 1 is 0.292 bits per heavy atom. The zero-order chi connectivity index (χ0) is 34.7. The van der Waals surface area contributed by atoms with Crippen LogP contribution in [0, 0.1) is 0 Å². The Balaban J connectivity index is 3.06. The number of carbonyl (C=O) groups is 1. The fourth-order valence-corrected chi connectivity index (χ4v) is 4.26. The Labute approximate surface area is 292 Å². The van der Waals surface area contributed by atoms with Crippen molar-refractivity contribution in [3.05, 3.63) is 0 Å². The Kier molecular flexibility index (Phi) is 43.2. The molecule has 0 aliphatic carbocycles. The van der Waals surface area contributed by atoms with Gasteiger partial charge in [0.15, 0.2) is 0 Å². The maximum Gasteiger partial charge on any atom is 0.305 e. The fourth-order valence-electron chi connectivity index (χ4n) is 4.26. The van der Waals surface area contributed by atoms with Crippen molar-refractivity contribution in [3.63, 3.8) is 0 Å². The van der Waals surface area contributed by atoms with Crippen LogP contribution < -0.4 is 0 Å². The first-order valence-electron chi connectivity index (χ1n) is 18.7. The largest absolute Gasteiger partial charge is 0.463 e. The van der Waals surface area contributed by atoms with E-state index in [0.29, 0.717) is 132 Å². The van der Waals surface area contributed by atoms with Gasteiger partial charge in [-0.2, -0.15) is 0 Å². The van der Waals surface area contributed by atoms with E-state index in [0.717, 1.165) is 19.4 Å². The molecule has 0 amide bonds. The monoisotopic (exact) mass is 697 g/mol. The van der Waals surface area contributed by atoms with Crippen LogP contribution in [-0.4, -0.2) is 145 Å². The van der Waals surface area contributed by atoms with Gasteiger partial charge in [0.2, 0.25) is 0 Å². The van der Waals surface area contributed by atoms with E-state index in [9.17, 15) is 4.79 Å². The Morgan fingerprint density at radius 3 is 0.833 bits per heavy atom. The third kappa shape index (κ3) is 43.1. The van der Waals surface area contributed by atoms with Crippen molar-refractivity contribution in [1.82, 2.24) is 0 Å². The van der Waals surface area contributed by atoms with Crippen LogP contribution in [0.5, 0.6) is 0 Å². The van der Waals surface area contributed by atoms with Gasteiger partial charge in [0.05, 0.1) is 126 Å². The molecular weight excluding hydrogens is 624 g/mol. The van der Waals surface area contributed by atoms with Crippen LogP contribution in [0.25, 0.3) is 0 Å². The average Bonchev–Trinajstić information content (AvgIpc) is 3.09. The van der Waals surface area contributed by atoms with Gasteiger partial charge in [0, 0.05) is 13.0 Å². The summed E-state index contributed by atoms with van der Waals surface area (Å²) in [5, 5.41) is 0. The predicted molar refractivity (Wildman–Crippen MR) is 186 cm³/mol. The SMILES string of the molecule is CCCCCCCCCCCCOCCOCCOCCOCCOCCOCCOCCOCCOCCOCCOC(=O)CCC. The van der Waals surface area contributed by atoms with Gasteiger partial charge in [0.25, 0.3) is 0 Å². The van der Waals surface area contributed by atoms with Gasteiger partial charge in [-0.25, -0.2) is 0 Å². The number of hydrogen-bond donors (Lipinski definition) is 0. The Morgan fingerprint density at radius 2 is 0.542 bits per heavy atom. The summed E-state index contributed by atoms with van der Waals surface area (Å²) in [7, 11) is 0. The van der Waals surface area contributed by atoms with Gasteiger partial charge in [-0.15, -0.1) is 0 Å². The van der Waals surface area contributed by atoms with E-state index in [4.69, 9.17) is 52.1 Å². The molecule has 0 aromatic heterocycles. The second-order valence-electron chi connectivity index (χ2n) is 11.3. The predicted octanol–water partition coefficient (Wildman–Crippen LogP) is 5.42. The van der Waals surface area contributed by atoms with E-state index in [1.54, 1.807) is 0 Å². The highest BCUT2D eigenvalue weighted by molar-refractivity contribution is 5.69. The second-order valence-corrected chi connectivity index (χ2v) is 11.3. The van der Waals surface area contributed by atoms with Crippen molar-refractivity contribution in [2.24, 2.45) is 0 Å². The van der Waals surface area contributed by atoms with E-state index >= 15 is 0 Å². The molecule has 0 unspecified atom stereocenters. The molecule has 0 aromatic rings. The van der Waals surface area contributed by atoms with E-state index < -0.39 is 0 Å². The number of hydrogen-bond acceptors (Lipinski definition) is 12. The minimum absolute atomic E-state index is 0.185. The smallest absolute Gasteiger partial charge is 0.305 e. The highest BCUT2D eigenvalue weighted by atomic mass is 16.6. The molecule has 0 bridgehead atoms. The normalized spacial score (nSPS) is 11.5. The topological polar surface area (TPSA) is 119 Å². The van der Waals surface area contributed by atoms with Gasteiger partial charge in [-0.3, -0.25) is 4.79 Å². The molecule has 0 aromatic carbocycles. The molecule has 0 heterocycles. The summed E-state index contributed by atoms with van der Waals surface area (Å²) < 4.78 is 59.9. The third-order valence-corrected chi connectivity index (χ3v) is 6.94. The maximum absolute atomic E-state index is 11.2. The molecule has 0 saturated carbocycles. The summed E-state index contributed by atoms with van der Waals surface area (Å²) in [4.78, 5) is 11.2. The first-order chi connectivity index (χ1) is 23.8. The van der Waals surface area contributed by atoms with Crippen molar-refractivity contribution in [3.8, 4) is 0 Å². The lowest BCUT2D eigenvalue weighted by Gasteiger charge is -2.09. The van der Waals surface area contributed by atoms with Crippen molar-refractivity contribution in [2.45, 2.75) is 90.9 Å². The van der Waals surface area contributed by atoms with Crippen LogP contribution in [0.15, 0.2) is 0 Å². The molecule has 0 fully saturated rings. The minimum Gasteiger partial charge on any atom is -0.463 e. The number of unbranched alkanes of at least 4 members (excludes halogenated alkanes) is 9. The lowest BCUT2D eigenvalue weighted by Crippen LogP contribution is -2.15. The van der Waals surface area contributed by atoms with Gasteiger partial charge >= 0.3 is 5.97 Å². The minimum atomic E-state index is -0.185. The molecule has 12 nitrogen and oxygen atoms in total. The van der Waals surface area contributed by atoms with Crippen LogP contribution in [0.1, 0.15) is 90.9 Å². The number of ether oxygens (including phenoxy) is 11. The Hall–Kier alpha value is -0.930. The quantitative estimate of drug-likeness (QED) is 0.0599. The highest BCUT2D eigenvalue weighted by Gasteiger charge is 2.00. The van der Waals surface area contributed by atoms with E-state index in [1.165, 1.54) is 57.8 Å². The van der Waals surface area contributed by atoms with Gasteiger partial charge in [-0.1, -0.05) is 71.6 Å².